The molecule has 2 heterocycles. The predicted molar refractivity (Wildman–Crippen MR) is 62.7 cm³/mol. The molecule has 0 unspecified atom stereocenters. The molecule has 7 nitrogen and oxygen atoms in total. The topological polar surface area (TPSA) is 90.4 Å². The number of nitrogens with zero attached hydrogens (tertiary/aromatic N) is 4. The van der Waals surface area contributed by atoms with E-state index in [2.05, 4.69) is 20.5 Å². The van der Waals surface area contributed by atoms with Gasteiger partial charge in [0.1, 0.15) is 0 Å². The number of nitrogens with two attached hydrogens (primary N) is 1. The molecule has 0 saturated carbocycles. The van der Waals surface area contributed by atoms with Crippen LogP contribution in [0.1, 0.15) is 0 Å². The Morgan fingerprint density at radius 1 is 1.29 bits per heavy atom. The van der Waals surface area contributed by atoms with E-state index < -0.39 is 0 Å². The third-order valence-electron chi connectivity index (χ3n) is 2.49. The van der Waals surface area contributed by atoms with E-state index in [1.165, 1.54) is 7.11 Å². The van der Waals surface area contributed by atoms with Gasteiger partial charge in [0.05, 0.1) is 12.6 Å². The lowest BCUT2D eigenvalue weighted by atomic mass is 10.2. The van der Waals surface area contributed by atoms with Crippen molar-refractivity contribution in [3.63, 3.8) is 0 Å². The second-order valence-electron chi connectivity index (χ2n) is 3.43. The number of nitrogens with one attached hydrogen (secondary N) is 1. The molecule has 0 radical (unpaired) electrons. The summed E-state index contributed by atoms with van der Waals surface area (Å²) in [5.74, 6) is 6.44. The quantitative estimate of drug-likeness (QED) is 0.494. The van der Waals surface area contributed by atoms with Gasteiger partial charge in [-0.05, 0) is 12.1 Å². The average molecular weight is 230 g/mol. The van der Waals surface area contributed by atoms with E-state index in [1.807, 2.05) is 24.3 Å². The lowest BCUT2D eigenvalue weighted by Gasteiger charge is -2.05. The molecule has 0 fully saturated rings. The summed E-state index contributed by atoms with van der Waals surface area (Å²) in [6.07, 6.45) is 0. The highest BCUT2D eigenvalue weighted by molar-refractivity contribution is 5.90. The van der Waals surface area contributed by atoms with E-state index in [0.717, 1.165) is 10.9 Å². The van der Waals surface area contributed by atoms with Gasteiger partial charge in [0.15, 0.2) is 5.82 Å². The normalized spacial score (nSPS) is 10.9. The van der Waals surface area contributed by atoms with Gasteiger partial charge in [-0.3, -0.25) is 0 Å². The van der Waals surface area contributed by atoms with Crippen LogP contribution in [0.15, 0.2) is 24.3 Å². The monoisotopic (exact) mass is 230 g/mol. The van der Waals surface area contributed by atoms with Crippen LogP contribution >= 0.6 is 0 Å². The Hall–Kier alpha value is -2.41. The molecule has 0 aliphatic rings. The fraction of sp³-hybridized carbons (Fsp3) is 0.100. The fourth-order valence-corrected chi connectivity index (χ4v) is 1.73. The summed E-state index contributed by atoms with van der Waals surface area (Å²) in [6.45, 7) is 0. The van der Waals surface area contributed by atoms with Crippen molar-refractivity contribution >= 4 is 22.5 Å². The Bertz CT molecular complexity index is 692. The second-order valence-corrected chi connectivity index (χ2v) is 3.43. The number of hydrogen-bond acceptors (Lipinski definition) is 6. The number of aromatic nitrogens is 4. The molecular weight excluding hydrogens is 220 g/mol. The van der Waals surface area contributed by atoms with Gasteiger partial charge in [-0.1, -0.05) is 12.1 Å². The number of para-hydroxylation sites is 1. The Labute approximate surface area is 96.2 Å². The molecule has 17 heavy (non-hydrogen) atoms. The van der Waals surface area contributed by atoms with Crippen LogP contribution in [0, 0.1) is 0 Å². The van der Waals surface area contributed by atoms with Gasteiger partial charge in [-0.2, -0.15) is 14.5 Å². The first-order chi connectivity index (χ1) is 8.33. The minimum absolute atomic E-state index is 0.275. The zero-order valence-corrected chi connectivity index (χ0v) is 9.08. The van der Waals surface area contributed by atoms with Gasteiger partial charge in [0.2, 0.25) is 0 Å². The first-order valence-electron chi connectivity index (χ1n) is 4.99. The van der Waals surface area contributed by atoms with Gasteiger partial charge in [-0.25, -0.2) is 5.84 Å². The Kier molecular flexibility index (Phi) is 2.05. The van der Waals surface area contributed by atoms with Crippen LogP contribution in [0.2, 0.25) is 0 Å². The summed E-state index contributed by atoms with van der Waals surface area (Å²) in [4.78, 5) is 8.38. The van der Waals surface area contributed by atoms with Gasteiger partial charge in [0.25, 0.3) is 5.78 Å². The maximum atomic E-state index is 5.45. The van der Waals surface area contributed by atoms with Crippen LogP contribution in [0.5, 0.6) is 6.01 Å². The third-order valence-corrected chi connectivity index (χ3v) is 2.49. The van der Waals surface area contributed by atoms with Crippen molar-refractivity contribution in [1.29, 1.82) is 0 Å². The molecule has 7 heteroatoms. The molecule has 0 spiro atoms. The number of nitrogen functional groups attached to an aromatic ring is 1. The molecular formula is C10H10N6O. The van der Waals surface area contributed by atoms with Crippen LogP contribution in [0.3, 0.4) is 0 Å². The lowest BCUT2D eigenvalue weighted by Crippen LogP contribution is -2.10. The standard InChI is InChI=1S/C10H10N6O/c1-17-10-13-9-12-8(14-11)6-4-2-3-5-7(6)16(9)15-10/h2-5H,11H2,1H3,(H,12,13,14,15). The van der Waals surface area contributed by atoms with E-state index in [4.69, 9.17) is 10.6 Å². The second kappa shape index (κ2) is 3.56. The van der Waals surface area contributed by atoms with Crippen molar-refractivity contribution < 1.29 is 4.74 Å². The minimum Gasteiger partial charge on any atom is -0.466 e. The van der Waals surface area contributed by atoms with E-state index in [0.29, 0.717) is 11.6 Å². The first-order valence-corrected chi connectivity index (χ1v) is 4.99. The zero-order valence-electron chi connectivity index (χ0n) is 9.08. The molecule has 0 amide bonds. The molecule has 2 aromatic heterocycles. The molecule has 86 valence electrons. The predicted octanol–water partition coefficient (Wildman–Crippen LogP) is 0.572. The Balaban J connectivity index is 2.47. The van der Waals surface area contributed by atoms with Gasteiger partial charge >= 0.3 is 6.01 Å². The Morgan fingerprint density at radius 2 is 2.12 bits per heavy atom. The van der Waals surface area contributed by atoms with Crippen LogP contribution in [0.25, 0.3) is 16.7 Å². The largest absolute Gasteiger partial charge is 0.466 e. The number of hydrogen-bond donors (Lipinski definition) is 2. The highest BCUT2D eigenvalue weighted by Crippen LogP contribution is 2.22. The van der Waals surface area contributed by atoms with Gasteiger partial charge in [0, 0.05) is 5.39 Å². The number of benzene rings is 1. The minimum atomic E-state index is 0.275. The summed E-state index contributed by atoms with van der Waals surface area (Å²) in [6, 6.07) is 7.92. The van der Waals surface area contributed by atoms with Crippen molar-refractivity contribution in [2.75, 3.05) is 12.5 Å². The van der Waals surface area contributed by atoms with Gasteiger partial charge < -0.3 is 10.2 Å². The van der Waals surface area contributed by atoms with Crippen molar-refractivity contribution in [2.45, 2.75) is 0 Å². The fourth-order valence-electron chi connectivity index (χ4n) is 1.73. The van der Waals surface area contributed by atoms with Crippen LogP contribution < -0.4 is 16.0 Å². The van der Waals surface area contributed by atoms with Crippen LogP contribution in [-0.2, 0) is 0 Å². The summed E-state index contributed by atoms with van der Waals surface area (Å²) in [7, 11) is 1.51. The third kappa shape index (κ3) is 1.36. The zero-order chi connectivity index (χ0) is 11.8. The van der Waals surface area contributed by atoms with Gasteiger partial charge in [-0.15, -0.1) is 5.10 Å². The smallest absolute Gasteiger partial charge is 0.337 e. The number of anilines is 1. The van der Waals surface area contributed by atoms with Crippen molar-refractivity contribution in [3.05, 3.63) is 24.3 Å². The maximum Gasteiger partial charge on any atom is 0.337 e. The molecule has 3 rings (SSSR count). The average Bonchev–Trinajstić information content (AvgIpc) is 2.81. The number of methoxy groups -OCH3 is 1. The summed E-state index contributed by atoms with van der Waals surface area (Å²) in [5, 5.41) is 5.06. The van der Waals surface area contributed by atoms with Crippen molar-refractivity contribution in [1.82, 2.24) is 19.6 Å². The number of ether oxygens (including phenoxy) is 1. The molecule has 0 atom stereocenters. The molecule has 0 aliphatic heterocycles. The van der Waals surface area contributed by atoms with Crippen molar-refractivity contribution in [2.24, 2.45) is 5.84 Å². The molecule has 0 bridgehead atoms. The molecule has 0 aliphatic carbocycles. The number of fused-ring (bicyclic) bond motifs is 3. The summed E-state index contributed by atoms with van der Waals surface area (Å²) < 4.78 is 6.61. The van der Waals surface area contributed by atoms with E-state index in [9.17, 15) is 0 Å². The van der Waals surface area contributed by atoms with E-state index in [-0.39, 0.29) is 6.01 Å². The van der Waals surface area contributed by atoms with E-state index in [1.54, 1.807) is 4.52 Å². The molecule has 3 N–H and O–H groups in total. The number of rotatable bonds is 2. The summed E-state index contributed by atoms with van der Waals surface area (Å²) in [5.41, 5.74) is 3.42. The molecule has 0 saturated heterocycles. The van der Waals surface area contributed by atoms with Crippen molar-refractivity contribution in [3.8, 4) is 6.01 Å². The molecule has 1 aromatic carbocycles. The first kappa shape index (κ1) is 9.79. The van der Waals surface area contributed by atoms with Crippen LogP contribution in [-0.4, -0.2) is 26.7 Å². The highest BCUT2D eigenvalue weighted by Gasteiger charge is 2.11. The lowest BCUT2D eigenvalue weighted by molar-refractivity contribution is 0.381. The Morgan fingerprint density at radius 3 is 2.88 bits per heavy atom. The maximum absolute atomic E-state index is 5.45. The van der Waals surface area contributed by atoms with E-state index >= 15 is 0 Å². The SMILES string of the molecule is COc1nc2nc(NN)c3ccccc3n2n1. The number of hydrazine groups is 1. The van der Waals surface area contributed by atoms with Crippen LogP contribution in [0.4, 0.5) is 5.82 Å². The highest BCUT2D eigenvalue weighted by atomic mass is 16.5. The summed E-state index contributed by atoms with van der Waals surface area (Å²) >= 11 is 0. The molecule has 3 aromatic rings.